The number of aromatic nitrogens is 3. The van der Waals surface area contributed by atoms with Crippen molar-refractivity contribution in [2.45, 2.75) is 50.9 Å². The molecule has 2 aromatic heterocycles. The molecule has 8 nitrogen and oxygen atoms in total. The predicted molar refractivity (Wildman–Crippen MR) is 129 cm³/mol. The van der Waals surface area contributed by atoms with Crippen LogP contribution < -0.4 is 11.1 Å². The Bertz CT molecular complexity index is 1130. The number of hydrogen-bond acceptors (Lipinski definition) is 8. The first-order valence-corrected chi connectivity index (χ1v) is 11.3. The monoisotopic (exact) mass is 485 g/mol. The Labute approximate surface area is 202 Å². The molecule has 1 saturated heterocycles. The first-order chi connectivity index (χ1) is 16.9. The van der Waals surface area contributed by atoms with Crippen LogP contribution in [0.4, 0.5) is 20.2 Å². The van der Waals surface area contributed by atoms with E-state index in [-0.39, 0.29) is 41.1 Å². The summed E-state index contributed by atoms with van der Waals surface area (Å²) in [4.78, 5) is 22.1. The predicted octanol–water partition coefficient (Wildman–Crippen LogP) is 4.32. The average molecular weight is 486 g/mol. The molecule has 0 bridgehead atoms. The van der Waals surface area contributed by atoms with Gasteiger partial charge in [-0.2, -0.15) is 0 Å². The van der Waals surface area contributed by atoms with Crippen molar-refractivity contribution in [2.75, 3.05) is 18.1 Å². The molecule has 1 aliphatic rings. The Morgan fingerprint density at radius 2 is 1.97 bits per heavy atom. The van der Waals surface area contributed by atoms with E-state index in [9.17, 15) is 18.7 Å². The van der Waals surface area contributed by atoms with Gasteiger partial charge in [0.05, 0.1) is 47.6 Å². The fourth-order valence-electron chi connectivity index (χ4n) is 3.92. The molecule has 0 aliphatic carbocycles. The highest BCUT2D eigenvalue weighted by molar-refractivity contribution is 5.80. The van der Waals surface area contributed by atoms with Crippen LogP contribution in [-0.2, 0) is 4.74 Å². The van der Waals surface area contributed by atoms with E-state index in [1.807, 2.05) is 13.1 Å². The maximum Gasteiger partial charge on any atom is 0.170 e. The van der Waals surface area contributed by atoms with Crippen LogP contribution in [0.25, 0.3) is 11.4 Å². The Balaban J connectivity index is 0.000000196. The summed E-state index contributed by atoms with van der Waals surface area (Å²) in [6.45, 7) is 2.14. The lowest BCUT2D eigenvalue weighted by atomic mass is 9.94. The van der Waals surface area contributed by atoms with Gasteiger partial charge in [0.1, 0.15) is 17.3 Å². The van der Waals surface area contributed by atoms with Gasteiger partial charge in [-0.1, -0.05) is 19.4 Å². The van der Waals surface area contributed by atoms with E-state index in [1.165, 1.54) is 6.07 Å². The number of hydrogen-bond donors (Lipinski definition) is 3. The van der Waals surface area contributed by atoms with E-state index in [2.05, 4.69) is 27.2 Å². The van der Waals surface area contributed by atoms with Gasteiger partial charge in [-0.25, -0.2) is 18.7 Å². The van der Waals surface area contributed by atoms with E-state index >= 15 is 0 Å². The topological polar surface area (TPSA) is 123 Å². The zero-order valence-electron chi connectivity index (χ0n) is 19.6. The Hall–Kier alpha value is -3.50. The number of nitrogens with zero attached hydrogens (tertiary/aromatic N) is 3. The maximum atomic E-state index is 13.4. The first kappa shape index (κ1) is 26.1. The molecule has 4 N–H and O–H groups in total. The van der Waals surface area contributed by atoms with Crippen molar-refractivity contribution in [3.63, 3.8) is 0 Å². The number of halogens is 2. The van der Waals surface area contributed by atoms with Gasteiger partial charge >= 0.3 is 0 Å². The molecule has 3 aromatic rings. The van der Waals surface area contributed by atoms with Crippen LogP contribution in [0.5, 0.6) is 0 Å². The lowest BCUT2D eigenvalue weighted by Gasteiger charge is -2.34. The number of carbonyl (C=O) groups excluding carboxylic acids is 1. The van der Waals surface area contributed by atoms with Gasteiger partial charge < -0.3 is 20.9 Å². The Morgan fingerprint density at radius 3 is 2.63 bits per heavy atom. The van der Waals surface area contributed by atoms with Crippen LogP contribution >= 0.6 is 0 Å². The Kier molecular flexibility index (Phi) is 9.16. The van der Waals surface area contributed by atoms with Gasteiger partial charge in [0.15, 0.2) is 12.1 Å². The number of nitrogens with one attached hydrogen (secondary N) is 1. The lowest BCUT2D eigenvalue weighted by Crippen LogP contribution is -2.31. The number of anilines is 2. The van der Waals surface area contributed by atoms with Gasteiger partial charge in [-0.3, -0.25) is 9.78 Å². The maximum absolute atomic E-state index is 13.4. The van der Waals surface area contributed by atoms with E-state index in [0.717, 1.165) is 48.8 Å². The number of benzene rings is 1. The molecule has 186 valence electrons. The highest BCUT2D eigenvalue weighted by atomic mass is 19.1. The van der Waals surface area contributed by atoms with Crippen molar-refractivity contribution in [3.05, 3.63) is 65.7 Å². The lowest BCUT2D eigenvalue weighted by molar-refractivity contribution is -0.0998. The summed E-state index contributed by atoms with van der Waals surface area (Å²) in [5.74, 6) is -1.81. The smallest absolute Gasteiger partial charge is 0.170 e. The van der Waals surface area contributed by atoms with E-state index in [4.69, 9.17) is 10.5 Å². The standard InChI is InChI=1S/C14H22N2O2.C11H7F2N3O/c1-3-4-11-7-10(17)8-14(18-11)12-5-6-16-9-13(12)15-2;12-6-2-1-3-7(13)10(6)11-15-4-8(14)9(5-17)16-11/h5-6,9-11,14-15,17H,3-4,7-8H2,1-2H3;1-5H,14H2. The Morgan fingerprint density at radius 1 is 1.23 bits per heavy atom. The largest absolute Gasteiger partial charge is 0.396 e. The third-order valence-corrected chi connectivity index (χ3v) is 5.61. The van der Waals surface area contributed by atoms with Gasteiger partial charge in [0.2, 0.25) is 0 Å². The summed E-state index contributed by atoms with van der Waals surface area (Å²) in [5, 5.41) is 13.1. The minimum Gasteiger partial charge on any atom is -0.396 e. The van der Waals surface area contributed by atoms with E-state index < -0.39 is 11.6 Å². The van der Waals surface area contributed by atoms with E-state index in [0.29, 0.717) is 12.7 Å². The zero-order chi connectivity index (χ0) is 25.4. The fraction of sp³-hybridized carbons (Fsp3) is 0.360. The van der Waals surface area contributed by atoms with Crippen LogP contribution in [0.15, 0.2) is 42.9 Å². The minimum atomic E-state index is -0.799. The quantitative estimate of drug-likeness (QED) is 0.441. The molecule has 3 unspecified atom stereocenters. The summed E-state index contributed by atoms with van der Waals surface area (Å²) in [6.07, 6.45) is 8.49. The average Bonchev–Trinajstić information content (AvgIpc) is 2.85. The summed E-state index contributed by atoms with van der Waals surface area (Å²) in [6, 6.07) is 5.36. The molecule has 3 heterocycles. The number of ether oxygens (including phenoxy) is 1. The summed E-state index contributed by atoms with van der Waals surface area (Å²) >= 11 is 0. The molecule has 1 aliphatic heterocycles. The molecule has 0 spiro atoms. The molecular weight excluding hydrogens is 456 g/mol. The second kappa shape index (κ2) is 12.3. The van der Waals surface area contributed by atoms with Crippen LogP contribution in [-0.4, -0.2) is 45.6 Å². The molecule has 0 radical (unpaired) electrons. The van der Waals surface area contributed by atoms with Crippen LogP contribution in [0, 0.1) is 11.6 Å². The van der Waals surface area contributed by atoms with Crippen LogP contribution in [0.2, 0.25) is 0 Å². The van der Waals surface area contributed by atoms with Crippen molar-refractivity contribution in [2.24, 2.45) is 0 Å². The number of pyridine rings is 1. The molecule has 3 atom stereocenters. The number of aldehydes is 1. The molecule has 0 amide bonds. The number of rotatable bonds is 6. The van der Waals surface area contributed by atoms with Crippen molar-refractivity contribution in [3.8, 4) is 11.4 Å². The highest BCUT2D eigenvalue weighted by Gasteiger charge is 2.30. The zero-order valence-corrected chi connectivity index (χ0v) is 19.6. The van der Waals surface area contributed by atoms with Crippen LogP contribution in [0.3, 0.4) is 0 Å². The first-order valence-electron chi connectivity index (χ1n) is 11.3. The van der Waals surface area contributed by atoms with Gasteiger partial charge in [0.25, 0.3) is 0 Å². The number of nitrogens with two attached hydrogens (primary N) is 1. The highest BCUT2D eigenvalue weighted by Crippen LogP contribution is 2.35. The third-order valence-electron chi connectivity index (χ3n) is 5.61. The minimum absolute atomic E-state index is 0.0317. The normalized spacial score (nSPS) is 19.4. The number of nitrogen functional groups attached to an aromatic ring is 1. The molecule has 10 heteroatoms. The van der Waals surface area contributed by atoms with Gasteiger partial charge in [-0.05, 0) is 31.0 Å². The SMILES string of the molecule is CCCC1CC(O)CC(c2ccncc2NC)O1.Nc1cnc(-c2c(F)cccc2F)nc1C=O. The molecule has 1 aromatic carbocycles. The van der Waals surface area contributed by atoms with E-state index in [1.54, 1.807) is 12.4 Å². The molecular formula is C25H29F2N5O3. The fourth-order valence-corrected chi connectivity index (χ4v) is 3.92. The number of aliphatic hydroxyl groups excluding tert-OH is 1. The summed E-state index contributed by atoms with van der Waals surface area (Å²) < 4.78 is 33.0. The molecule has 0 saturated carbocycles. The van der Waals surface area contributed by atoms with Crippen LogP contribution in [0.1, 0.15) is 54.8 Å². The van der Waals surface area contributed by atoms with Gasteiger partial charge in [-0.15, -0.1) is 0 Å². The molecule has 1 fully saturated rings. The van der Waals surface area contributed by atoms with Crippen molar-refractivity contribution in [1.82, 2.24) is 15.0 Å². The third kappa shape index (κ3) is 6.55. The number of carbonyl (C=O) groups is 1. The number of aliphatic hydroxyl groups is 1. The second-order valence-corrected chi connectivity index (χ2v) is 8.12. The second-order valence-electron chi connectivity index (χ2n) is 8.12. The van der Waals surface area contributed by atoms with Crippen molar-refractivity contribution >= 4 is 17.7 Å². The van der Waals surface area contributed by atoms with Crippen molar-refractivity contribution in [1.29, 1.82) is 0 Å². The molecule has 35 heavy (non-hydrogen) atoms. The summed E-state index contributed by atoms with van der Waals surface area (Å²) in [5.41, 5.74) is 7.06. The molecule has 4 rings (SSSR count). The van der Waals surface area contributed by atoms with Crippen molar-refractivity contribution < 1.29 is 23.4 Å². The summed E-state index contributed by atoms with van der Waals surface area (Å²) in [7, 11) is 1.88. The van der Waals surface area contributed by atoms with Gasteiger partial charge in [0, 0.05) is 25.2 Å².